The van der Waals surface area contributed by atoms with Crippen LogP contribution in [0.1, 0.15) is 31.9 Å². The lowest BCUT2D eigenvalue weighted by molar-refractivity contribution is 0.270. The van der Waals surface area contributed by atoms with Gasteiger partial charge in [-0.25, -0.2) is 4.98 Å². The van der Waals surface area contributed by atoms with Gasteiger partial charge in [0, 0.05) is 38.1 Å². The Labute approximate surface area is 151 Å². The average Bonchev–Trinajstić information content (AvgIpc) is 2.68. The van der Waals surface area contributed by atoms with Gasteiger partial charge in [0.15, 0.2) is 0 Å². The van der Waals surface area contributed by atoms with E-state index in [2.05, 4.69) is 59.1 Å². The normalized spacial score (nSPS) is 15.4. The van der Waals surface area contributed by atoms with E-state index in [1.54, 1.807) is 0 Å². The number of hydrogen-bond donors (Lipinski definition) is 1. The number of likely N-dealkylation sites (N-methyl/N-ethyl adjacent to an activating group) is 1. The van der Waals surface area contributed by atoms with Crippen LogP contribution in [0.4, 0.5) is 17.5 Å². The Balaban J connectivity index is 1.79. The molecule has 1 aliphatic rings. The molecule has 1 aromatic carbocycles. The van der Waals surface area contributed by atoms with Crippen molar-refractivity contribution in [3.05, 3.63) is 41.6 Å². The molecular formula is C20H29N5. The van der Waals surface area contributed by atoms with Crippen LogP contribution in [0.5, 0.6) is 0 Å². The second kappa shape index (κ2) is 8.30. The maximum absolute atomic E-state index is 4.78. The Hall–Kier alpha value is -2.14. The monoisotopic (exact) mass is 339 g/mol. The van der Waals surface area contributed by atoms with Gasteiger partial charge in [-0.3, -0.25) is 0 Å². The molecule has 1 N–H and O–H groups in total. The molecule has 0 aliphatic carbocycles. The minimum absolute atomic E-state index is 0.827. The molecule has 0 amide bonds. The van der Waals surface area contributed by atoms with Gasteiger partial charge < -0.3 is 15.1 Å². The maximum Gasteiger partial charge on any atom is 0.227 e. The summed E-state index contributed by atoms with van der Waals surface area (Å²) in [6.45, 7) is 11.9. The average molecular weight is 339 g/mol. The van der Waals surface area contributed by atoms with Gasteiger partial charge in [0.2, 0.25) is 5.95 Å². The highest BCUT2D eigenvalue weighted by atomic mass is 15.3. The molecule has 0 spiro atoms. The molecule has 2 heterocycles. The van der Waals surface area contributed by atoms with Crippen LogP contribution in [0, 0.1) is 0 Å². The van der Waals surface area contributed by atoms with Crippen LogP contribution >= 0.6 is 0 Å². The van der Waals surface area contributed by atoms with E-state index in [-0.39, 0.29) is 0 Å². The molecule has 0 radical (unpaired) electrons. The number of nitrogens with one attached hydrogen (secondary N) is 1. The summed E-state index contributed by atoms with van der Waals surface area (Å²) in [5.74, 6) is 1.70. The molecule has 2 aromatic rings. The SMILES string of the molecule is CCc1cccc(CC)c1Nc1ccnc(N2CCN(CC)CC2)n1. The Morgan fingerprint density at radius 3 is 2.24 bits per heavy atom. The molecule has 25 heavy (non-hydrogen) atoms. The fourth-order valence-corrected chi connectivity index (χ4v) is 3.37. The smallest absolute Gasteiger partial charge is 0.227 e. The second-order valence-electron chi connectivity index (χ2n) is 6.45. The zero-order chi connectivity index (χ0) is 17.6. The Morgan fingerprint density at radius 1 is 0.960 bits per heavy atom. The lowest BCUT2D eigenvalue weighted by Gasteiger charge is -2.34. The first kappa shape index (κ1) is 17.7. The number of aromatic nitrogens is 2. The molecule has 3 rings (SSSR count). The second-order valence-corrected chi connectivity index (χ2v) is 6.45. The fourth-order valence-electron chi connectivity index (χ4n) is 3.37. The molecular weight excluding hydrogens is 310 g/mol. The summed E-state index contributed by atoms with van der Waals surface area (Å²) >= 11 is 0. The van der Waals surface area contributed by atoms with Crippen molar-refractivity contribution in [1.82, 2.24) is 14.9 Å². The number of anilines is 3. The number of nitrogens with zero attached hydrogens (tertiary/aromatic N) is 4. The molecule has 5 heteroatoms. The van der Waals surface area contributed by atoms with Crippen LogP contribution in [0.25, 0.3) is 0 Å². The van der Waals surface area contributed by atoms with E-state index in [0.717, 1.165) is 57.3 Å². The van der Waals surface area contributed by atoms with Crippen molar-refractivity contribution in [1.29, 1.82) is 0 Å². The van der Waals surface area contributed by atoms with Gasteiger partial charge in [-0.1, -0.05) is 39.0 Å². The standard InChI is InChI=1S/C20H29N5/c1-4-16-8-7-9-17(5-2)19(16)22-18-10-11-21-20(23-18)25-14-12-24(6-3)13-15-25/h7-11H,4-6,12-15H2,1-3H3,(H,21,22,23). The third kappa shape index (κ3) is 4.10. The zero-order valence-corrected chi connectivity index (χ0v) is 15.6. The predicted octanol–water partition coefficient (Wildman–Crippen LogP) is 3.49. The summed E-state index contributed by atoms with van der Waals surface area (Å²) in [6.07, 6.45) is 3.87. The van der Waals surface area contributed by atoms with E-state index >= 15 is 0 Å². The highest BCUT2D eigenvalue weighted by Gasteiger charge is 2.18. The van der Waals surface area contributed by atoms with E-state index in [0.29, 0.717) is 0 Å². The summed E-state index contributed by atoms with van der Waals surface area (Å²) in [7, 11) is 0. The lowest BCUT2D eigenvalue weighted by atomic mass is 10.0. The molecule has 5 nitrogen and oxygen atoms in total. The van der Waals surface area contributed by atoms with Gasteiger partial charge in [-0.05, 0) is 36.6 Å². The summed E-state index contributed by atoms with van der Waals surface area (Å²) in [5.41, 5.74) is 3.86. The summed E-state index contributed by atoms with van der Waals surface area (Å²) in [4.78, 5) is 14.0. The van der Waals surface area contributed by atoms with Crippen LogP contribution in [0.3, 0.4) is 0 Å². The Morgan fingerprint density at radius 2 is 1.64 bits per heavy atom. The van der Waals surface area contributed by atoms with Crippen molar-refractivity contribution < 1.29 is 0 Å². The minimum Gasteiger partial charge on any atom is -0.340 e. The van der Waals surface area contributed by atoms with E-state index in [9.17, 15) is 0 Å². The molecule has 1 aliphatic heterocycles. The van der Waals surface area contributed by atoms with E-state index in [1.165, 1.54) is 16.8 Å². The van der Waals surface area contributed by atoms with Crippen molar-refractivity contribution in [3.63, 3.8) is 0 Å². The van der Waals surface area contributed by atoms with Gasteiger partial charge in [0.25, 0.3) is 0 Å². The van der Waals surface area contributed by atoms with Gasteiger partial charge in [0.1, 0.15) is 5.82 Å². The minimum atomic E-state index is 0.827. The Kier molecular flexibility index (Phi) is 5.87. The molecule has 0 unspecified atom stereocenters. The molecule has 134 valence electrons. The van der Waals surface area contributed by atoms with Crippen LogP contribution in [-0.2, 0) is 12.8 Å². The first-order valence-electron chi connectivity index (χ1n) is 9.43. The number of aryl methyl sites for hydroxylation is 2. The maximum atomic E-state index is 4.78. The fraction of sp³-hybridized carbons (Fsp3) is 0.500. The summed E-state index contributed by atoms with van der Waals surface area (Å²) < 4.78 is 0. The first-order valence-corrected chi connectivity index (χ1v) is 9.43. The zero-order valence-electron chi connectivity index (χ0n) is 15.6. The number of hydrogen-bond acceptors (Lipinski definition) is 5. The van der Waals surface area contributed by atoms with Gasteiger partial charge in [-0.2, -0.15) is 4.98 Å². The van der Waals surface area contributed by atoms with Gasteiger partial charge in [-0.15, -0.1) is 0 Å². The molecule has 1 aromatic heterocycles. The van der Waals surface area contributed by atoms with Crippen LogP contribution in [0.15, 0.2) is 30.5 Å². The highest BCUT2D eigenvalue weighted by Crippen LogP contribution is 2.26. The Bertz CT molecular complexity index is 670. The molecule has 0 saturated carbocycles. The predicted molar refractivity (Wildman–Crippen MR) is 105 cm³/mol. The van der Waals surface area contributed by atoms with E-state index < -0.39 is 0 Å². The quantitative estimate of drug-likeness (QED) is 0.873. The molecule has 0 bridgehead atoms. The topological polar surface area (TPSA) is 44.3 Å². The van der Waals surface area contributed by atoms with Crippen molar-refractivity contribution in [2.24, 2.45) is 0 Å². The number of para-hydroxylation sites is 1. The van der Waals surface area contributed by atoms with Crippen LogP contribution in [-0.4, -0.2) is 47.6 Å². The number of rotatable bonds is 6. The van der Waals surface area contributed by atoms with Crippen LogP contribution in [0.2, 0.25) is 0 Å². The molecule has 0 atom stereocenters. The van der Waals surface area contributed by atoms with Crippen molar-refractivity contribution in [2.75, 3.05) is 42.9 Å². The third-order valence-electron chi connectivity index (χ3n) is 5.00. The largest absolute Gasteiger partial charge is 0.340 e. The van der Waals surface area contributed by atoms with Crippen LogP contribution < -0.4 is 10.2 Å². The molecule has 1 saturated heterocycles. The van der Waals surface area contributed by atoms with E-state index in [1.807, 2.05) is 12.3 Å². The third-order valence-corrected chi connectivity index (χ3v) is 5.00. The van der Waals surface area contributed by atoms with Crippen molar-refractivity contribution >= 4 is 17.5 Å². The van der Waals surface area contributed by atoms with E-state index in [4.69, 9.17) is 4.98 Å². The number of benzene rings is 1. The first-order chi connectivity index (χ1) is 12.2. The van der Waals surface area contributed by atoms with Crippen molar-refractivity contribution in [2.45, 2.75) is 33.6 Å². The van der Waals surface area contributed by atoms with Gasteiger partial charge in [0.05, 0.1) is 0 Å². The lowest BCUT2D eigenvalue weighted by Crippen LogP contribution is -2.46. The molecule has 1 fully saturated rings. The highest BCUT2D eigenvalue weighted by molar-refractivity contribution is 5.65. The number of piperazine rings is 1. The van der Waals surface area contributed by atoms with Gasteiger partial charge >= 0.3 is 0 Å². The summed E-state index contributed by atoms with van der Waals surface area (Å²) in [6, 6.07) is 8.47. The summed E-state index contributed by atoms with van der Waals surface area (Å²) in [5, 5.41) is 3.55. The van der Waals surface area contributed by atoms with Crippen molar-refractivity contribution in [3.8, 4) is 0 Å².